The van der Waals surface area contributed by atoms with Crippen LogP contribution in [0.3, 0.4) is 0 Å². The van der Waals surface area contributed by atoms with Gasteiger partial charge >= 0.3 is 5.97 Å². The van der Waals surface area contributed by atoms with E-state index in [1.807, 2.05) is 30.3 Å². The summed E-state index contributed by atoms with van der Waals surface area (Å²) >= 11 is 0. The van der Waals surface area contributed by atoms with Crippen LogP contribution in [0.5, 0.6) is 0 Å². The maximum atomic E-state index is 10.7. The number of aliphatic carboxylic acids is 1. The van der Waals surface area contributed by atoms with Crippen LogP contribution >= 0.6 is 0 Å². The SMILES string of the molecule is COC/C(=C/c1ccccc1)C(=O)O. The molecule has 0 aliphatic heterocycles. The van der Waals surface area contributed by atoms with Gasteiger partial charge in [-0.05, 0) is 11.6 Å². The Morgan fingerprint density at radius 3 is 2.57 bits per heavy atom. The molecule has 1 rings (SSSR count). The predicted octanol–water partition coefficient (Wildman–Crippen LogP) is 1.80. The molecule has 0 atom stereocenters. The van der Waals surface area contributed by atoms with Crippen LogP contribution in [-0.2, 0) is 9.53 Å². The number of methoxy groups -OCH3 is 1. The Morgan fingerprint density at radius 2 is 2.07 bits per heavy atom. The number of benzene rings is 1. The maximum absolute atomic E-state index is 10.7. The Kier molecular flexibility index (Phi) is 3.88. The molecule has 0 saturated carbocycles. The van der Waals surface area contributed by atoms with Crippen LogP contribution in [-0.4, -0.2) is 24.8 Å². The summed E-state index contributed by atoms with van der Waals surface area (Å²) < 4.78 is 4.79. The molecule has 74 valence electrons. The third kappa shape index (κ3) is 3.03. The van der Waals surface area contributed by atoms with E-state index in [1.54, 1.807) is 6.08 Å². The van der Waals surface area contributed by atoms with Gasteiger partial charge in [-0.3, -0.25) is 0 Å². The highest BCUT2D eigenvalue weighted by Gasteiger charge is 2.05. The second kappa shape index (κ2) is 5.19. The summed E-state index contributed by atoms with van der Waals surface area (Å²) in [4.78, 5) is 10.7. The molecular weight excluding hydrogens is 180 g/mol. The van der Waals surface area contributed by atoms with Crippen molar-refractivity contribution in [2.24, 2.45) is 0 Å². The molecule has 0 aromatic heterocycles. The molecule has 1 aromatic rings. The Hall–Kier alpha value is -1.61. The molecule has 0 bridgehead atoms. The zero-order chi connectivity index (χ0) is 10.4. The van der Waals surface area contributed by atoms with Crippen LogP contribution < -0.4 is 0 Å². The van der Waals surface area contributed by atoms with Crippen molar-refractivity contribution in [3.63, 3.8) is 0 Å². The van der Waals surface area contributed by atoms with E-state index in [0.717, 1.165) is 5.56 Å². The van der Waals surface area contributed by atoms with Crippen LogP contribution in [0.25, 0.3) is 6.08 Å². The van der Waals surface area contributed by atoms with Crippen molar-refractivity contribution in [2.75, 3.05) is 13.7 Å². The Morgan fingerprint density at radius 1 is 1.43 bits per heavy atom. The number of hydrogen-bond acceptors (Lipinski definition) is 2. The van der Waals surface area contributed by atoms with Crippen LogP contribution in [0, 0.1) is 0 Å². The lowest BCUT2D eigenvalue weighted by molar-refractivity contribution is -0.133. The van der Waals surface area contributed by atoms with Gasteiger partial charge in [0.05, 0.1) is 12.2 Å². The minimum Gasteiger partial charge on any atom is -0.478 e. The van der Waals surface area contributed by atoms with E-state index in [0.29, 0.717) is 0 Å². The molecule has 1 aromatic carbocycles. The first-order chi connectivity index (χ1) is 6.74. The van der Waals surface area contributed by atoms with Crippen molar-refractivity contribution in [1.82, 2.24) is 0 Å². The van der Waals surface area contributed by atoms with Crippen molar-refractivity contribution < 1.29 is 14.6 Å². The van der Waals surface area contributed by atoms with Gasteiger partial charge in [-0.25, -0.2) is 4.79 Å². The Labute approximate surface area is 82.6 Å². The summed E-state index contributed by atoms with van der Waals surface area (Å²) in [5.41, 5.74) is 1.11. The van der Waals surface area contributed by atoms with Gasteiger partial charge in [-0.15, -0.1) is 0 Å². The Bertz CT molecular complexity index is 328. The third-order valence-corrected chi connectivity index (χ3v) is 1.72. The lowest BCUT2D eigenvalue weighted by Gasteiger charge is -2.00. The molecule has 0 unspecified atom stereocenters. The van der Waals surface area contributed by atoms with Gasteiger partial charge < -0.3 is 9.84 Å². The maximum Gasteiger partial charge on any atom is 0.333 e. The minimum atomic E-state index is -0.948. The fourth-order valence-corrected chi connectivity index (χ4v) is 1.07. The molecule has 0 aliphatic rings. The molecule has 0 spiro atoms. The average molecular weight is 192 g/mol. The molecule has 3 heteroatoms. The smallest absolute Gasteiger partial charge is 0.333 e. The monoisotopic (exact) mass is 192 g/mol. The summed E-state index contributed by atoms with van der Waals surface area (Å²) in [6.07, 6.45) is 1.60. The average Bonchev–Trinajstić information content (AvgIpc) is 2.18. The van der Waals surface area contributed by atoms with Gasteiger partial charge in [0.15, 0.2) is 0 Å². The fourth-order valence-electron chi connectivity index (χ4n) is 1.07. The van der Waals surface area contributed by atoms with Crippen LogP contribution in [0.15, 0.2) is 35.9 Å². The van der Waals surface area contributed by atoms with Gasteiger partial charge in [-0.2, -0.15) is 0 Å². The van der Waals surface area contributed by atoms with E-state index >= 15 is 0 Å². The molecule has 1 N–H and O–H groups in total. The topological polar surface area (TPSA) is 46.5 Å². The van der Waals surface area contributed by atoms with Crippen molar-refractivity contribution in [3.8, 4) is 0 Å². The van der Waals surface area contributed by atoms with E-state index in [4.69, 9.17) is 9.84 Å². The van der Waals surface area contributed by atoms with E-state index < -0.39 is 5.97 Å². The van der Waals surface area contributed by atoms with Crippen molar-refractivity contribution in [3.05, 3.63) is 41.5 Å². The molecule has 0 saturated heterocycles. The molecule has 0 amide bonds. The molecule has 0 fully saturated rings. The van der Waals surface area contributed by atoms with Gasteiger partial charge in [0.25, 0.3) is 0 Å². The zero-order valence-electron chi connectivity index (χ0n) is 7.93. The van der Waals surface area contributed by atoms with Crippen LogP contribution in [0.2, 0.25) is 0 Å². The lowest BCUT2D eigenvalue weighted by Crippen LogP contribution is -2.06. The number of rotatable bonds is 4. The van der Waals surface area contributed by atoms with E-state index in [-0.39, 0.29) is 12.2 Å². The van der Waals surface area contributed by atoms with Crippen LogP contribution in [0.4, 0.5) is 0 Å². The third-order valence-electron chi connectivity index (χ3n) is 1.72. The molecule has 0 radical (unpaired) electrons. The molecule has 0 aliphatic carbocycles. The lowest BCUT2D eigenvalue weighted by atomic mass is 10.1. The van der Waals surface area contributed by atoms with Gasteiger partial charge in [0.1, 0.15) is 0 Å². The van der Waals surface area contributed by atoms with Crippen molar-refractivity contribution in [2.45, 2.75) is 0 Å². The first kappa shape index (κ1) is 10.5. The minimum absolute atomic E-state index is 0.115. The molecule has 0 heterocycles. The first-order valence-electron chi connectivity index (χ1n) is 4.22. The predicted molar refractivity (Wildman–Crippen MR) is 53.9 cm³/mol. The highest BCUT2D eigenvalue weighted by Crippen LogP contribution is 2.06. The second-order valence-corrected chi connectivity index (χ2v) is 2.82. The summed E-state index contributed by atoms with van der Waals surface area (Å²) in [5, 5.41) is 8.82. The van der Waals surface area contributed by atoms with Crippen molar-refractivity contribution >= 4 is 12.0 Å². The number of carbonyl (C=O) groups is 1. The van der Waals surface area contributed by atoms with Gasteiger partial charge in [0.2, 0.25) is 0 Å². The molecule has 14 heavy (non-hydrogen) atoms. The quantitative estimate of drug-likeness (QED) is 0.740. The number of carboxylic acids is 1. The van der Waals surface area contributed by atoms with E-state index in [2.05, 4.69) is 0 Å². The number of ether oxygens (including phenoxy) is 1. The summed E-state index contributed by atoms with van der Waals surface area (Å²) in [6.45, 7) is 0.115. The number of carboxylic acid groups (broad SMARTS) is 1. The highest BCUT2D eigenvalue weighted by atomic mass is 16.5. The van der Waals surface area contributed by atoms with Gasteiger partial charge in [-0.1, -0.05) is 30.3 Å². The largest absolute Gasteiger partial charge is 0.478 e. The van der Waals surface area contributed by atoms with Crippen LogP contribution in [0.1, 0.15) is 5.56 Å². The van der Waals surface area contributed by atoms with E-state index in [9.17, 15) is 4.79 Å². The highest BCUT2D eigenvalue weighted by molar-refractivity contribution is 5.92. The molecule has 3 nitrogen and oxygen atoms in total. The van der Waals surface area contributed by atoms with E-state index in [1.165, 1.54) is 7.11 Å². The standard InChI is InChI=1S/C11H12O3/c1-14-8-10(11(12)13)7-9-5-3-2-4-6-9/h2-7H,8H2,1H3,(H,12,13)/b10-7-. The Balaban J connectivity index is 2.88. The fraction of sp³-hybridized carbons (Fsp3) is 0.182. The zero-order valence-corrected chi connectivity index (χ0v) is 7.93. The molecular formula is C11H12O3. The summed E-state index contributed by atoms with van der Waals surface area (Å²) in [6, 6.07) is 9.29. The summed E-state index contributed by atoms with van der Waals surface area (Å²) in [5.74, 6) is -0.948. The normalized spacial score (nSPS) is 11.4. The number of hydrogen-bond donors (Lipinski definition) is 1. The first-order valence-corrected chi connectivity index (χ1v) is 4.22. The van der Waals surface area contributed by atoms with Crippen molar-refractivity contribution in [1.29, 1.82) is 0 Å². The summed E-state index contributed by atoms with van der Waals surface area (Å²) in [7, 11) is 1.47. The van der Waals surface area contributed by atoms with Gasteiger partial charge in [0, 0.05) is 7.11 Å². The second-order valence-electron chi connectivity index (χ2n) is 2.82.